The first-order valence-corrected chi connectivity index (χ1v) is 7.98. The molecule has 22 heavy (non-hydrogen) atoms. The molecule has 0 aliphatic rings. The van der Waals surface area contributed by atoms with E-state index in [-0.39, 0.29) is 5.91 Å². The fourth-order valence-corrected chi connectivity index (χ4v) is 2.64. The predicted octanol–water partition coefficient (Wildman–Crippen LogP) is 2.23. The molecule has 0 saturated carbocycles. The molecule has 5 nitrogen and oxygen atoms in total. The third-order valence-electron chi connectivity index (χ3n) is 3.49. The van der Waals surface area contributed by atoms with Gasteiger partial charge in [-0.3, -0.25) is 9.48 Å². The minimum Gasteiger partial charge on any atom is -0.342 e. The van der Waals surface area contributed by atoms with Gasteiger partial charge >= 0.3 is 0 Å². The standard InChI is InChI=1S/C17H29N3O2/c1-12(2)9-20(10-13(3)4)17(22)15(11-21)8-16-7-14(5)18-19(16)6/h7,11-13,15H,8-10H2,1-6H3. The lowest BCUT2D eigenvalue weighted by Gasteiger charge is -2.28. The Morgan fingerprint density at radius 2 is 1.82 bits per heavy atom. The van der Waals surface area contributed by atoms with Crippen LogP contribution in [-0.2, 0) is 23.1 Å². The maximum absolute atomic E-state index is 12.7. The smallest absolute Gasteiger partial charge is 0.233 e. The molecule has 1 unspecified atom stereocenters. The van der Waals surface area contributed by atoms with Gasteiger partial charge in [-0.1, -0.05) is 27.7 Å². The van der Waals surface area contributed by atoms with Crippen LogP contribution in [0.25, 0.3) is 0 Å². The number of aromatic nitrogens is 2. The maximum Gasteiger partial charge on any atom is 0.233 e. The third-order valence-corrected chi connectivity index (χ3v) is 3.49. The Morgan fingerprint density at radius 1 is 1.27 bits per heavy atom. The number of carbonyl (C=O) groups excluding carboxylic acids is 2. The van der Waals surface area contributed by atoms with E-state index in [1.807, 2.05) is 24.9 Å². The molecular weight excluding hydrogens is 278 g/mol. The number of amides is 1. The van der Waals surface area contributed by atoms with E-state index in [0.717, 1.165) is 17.7 Å². The first-order valence-electron chi connectivity index (χ1n) is 7.98. The highest BCUT2D eigenvalue weighted by Gasteiger charge is 2.26. The first-order chi connectivity index (χ1) is 10.2. The summed E-state index contributed by atoms with van der Waals surface area (Å²) >= 11 is 0. The van der Waals surface area contributed by atoms with Crippen LogP contribution in [0.1, 0.15) is 39.1 Å². The number of carbonyl (C=O) groups is 2. The summed E-state index contributed by atoms with van der Waals surface area (Å²) in [5, 5.41) is 4.28. The second-order valence-corrected chi connectivity index (χ2v) is 6.88. The van der Waals surface area contributed by atoms with E-state index in [1.54, 1.807) is 4.68 Å². The number of rotatable bonds is 8. The number of aldehydes is 1. The maximum atomic E-state index is 12.7. The van der Waals surface area contributed by atoms with Crippen LogP contribution in [0.15, 0.2) is 6.07 Å². The molecule has 0 aliphatic carbocycles. The summed E-state index contributed by atoms with van der Waals surface area (Å²) in [5.74, 6) is 0.0615. The van der Waals surface area contributed by atoms with Crippen LogP contribution < -0.4 is 0 Å². The molecule has 0 bridgehead atoms. The number of hydrogen-bond acceptors (Lipinski definition) is 3. The second-order valence-electron chi connectivity index (χ2n) is 6.88. The van der Waals surface area contributed by atoms with Crippen molar-refractivity contribution in [3.63, 3.8) is 0 Å². The summed E-state index contributed by atoms with van der Waals surface area (Å²) in [7, 11) is 1.84. The van der Waals surface area contributed by atoms with Gasteiger partial charge in [-0.25, -0.2) is 0 Å². The van der Waals surface area contributed by atoms with Gasteiger partial charge in [0.15, 0.2) is 0 Å². The topological polar surface area (TPSA) is 55.2 Å². The van der Waals surface area contributed by atoms with Crippen molar-refractivity contribution in [3.8, 4) is 0 Å². The molecule has 1 atom stereocenters. The van der Waals surface area contributed by atoms with Crippen molar-refractivity contribution in [2.24, 2.45) is 24.8 Å². The zero-order chi connectivity index (χ0) is 16.9. The zero-order valence-corrected chi connectivity index (χ0v) is 14.7. The molecule has 0 fully saturated rings. The molecule has 0 saturated heterocycles. The van der Waals surface area contributed by atoms with Crippen molar-refractivity contribution < 1.29 is 9.59 Å². The van der Waals surface area contributed by atoms with Crippen LogP contribution in [0.2, 0.25) is 0 Å². The molecule has 1 rings (SSSR count). The Morgan fingerprint density at radius 3 is 2.18 bits per heavy atom. The predicted molar refractivity (Wildman–Crippen MR) is 87.5 cm³/mol. The van der Waals surface area contributed by atoms with E-state index >= 15 is 0 Å². The summed E-state index contributed by atoms with van der Waals surface area (Å²) in [6.45, 7) is 11.6. The lowest BCUT2D eigenvalue weighted by molar-refractivity contribution is -0.139. The monoisotopic (exact) mass is 307 g/mol. The molecule has 0 N–H and O–H groups in total. The van der Waals surface area contributed by atoms with Crippen molar-refractivity contribution in [2.45, 2.75) is 41.0 Å². The van der Waals surface area contributed by atoms with Gasteiger partial charge in [-0.05, 0) is 24.8 Å². The van der Waals surface area contributed by atoms with Gasteiger partial charge in [-0.2, -0.15) is 5.10 Å². The van der Waals surface area contributed by atoms with Crippen LogP contribution >= 0.6 is 0 Å². The van der Waals surface area contributed by atoms with E-state index < -0.39 is 5.92 Å². The lowest BCUT2D eigenvalue weighted by atomic mass is 10.0. The summed E-state index contributed by atoms with van der Waals surface area (Å²) in [6, 6.07) is 1.93. The normalized spacial score (nSPS) is 12.7. The number of nitrogens with zero attached hydrogens (tertiary/aromatic N) is 3. The Labute approximate surface area is 133 Å². The van der Waals surface area contributed by atoms with Gasteiger partial charge in [0.2, 0.25) is 5.91 Å². The molecular formula is C17H29N3O2. The number of aryl methyl sites for hydroxylation is 2. The van der Waals surface area contributed by atoms with E-state index in [0.29, 0.717) is 31.3 Å². The van der Waals surface area contributed by atoms with E-state index in [1.165, 1.54) is 0 Å². The minimum atomic E-state index is -0.632. The van der Waals surface area contributed by atoms with Gasteiger partial charge in [0.1, 0.15) is 6.29 Å². The van der Waals surface area contributed by atoms with Gasteiger partial charge in [-0.15, -0.1) is 0 Å². The van der Waals surface area contributed by atoms with Gasteiger partial charge in [0.05, 0.1) is 11.6 Å². The van der Waals surface area contributed by atoms with Crippen molar-refractivity contribution in [3.05, 3.63) is 17.5 Å². The Hall–Kier alpha value is -1.65. The molecule has 1 amide bonds. The van der Waals surface area contributed by atoms with E-state index in [9.17, 15) is 9.59 Å². The molecule has 0 aromatic carbocycles. The van der Waals surface area contributed by atoms with E-state index in [4.69, 9.17) is 0 Å². The Kier molecular flexibility index (Phi) is 6.78. The lowest BCUT2D eigenvalue weighted by Crippen LogP contribution is -2.42. The molecule has 5 heteroatoms. The quantitative estimate of drug-likeness (QED) is 0.546. The second kappa shape index (κ2) is 8.11. The number of hydrogen-bond donors (Lipinski definition) is 0. The molecule has 0 spiro atoms. The SMILES string of the molecule is Cc1cc(CC(C=O)C(=O)N(CC(C)C)CC(C)C)n(C)n1. The van der Waals surface area contributed by atoms with Crippen molar-refractivity contribution in [2.75, 3.05) is 13.1 Å². The Balaban J connectivity index is 2.87. The largest absolute Gasteiger partial charge is 0.342 e. The fourth-order valence-electron chi connectivity index (χ4n) is 2.64. The van der Waals surface area contributed by atoms with Crippen molar-refractivity contribution >= 4 is 12.2 Å². The average molecular weight is 307 g/mol. The van der Waals surface area contributed by atoms with E-state index in [2.05, 4.69) is 32.8 Å². The molecule has 1 aromatic rings. The summed E-state index contributed by atoms with van der Waals surface area (Å²) in [4.78, 5) is 26.0. The van der Waals surface area contributed by atoms with Gasteiger partial charge in [0, 0.05) is 32.3 Å². The van der Waals surface area contributed by atoms with Crippen LogP contribution in [0.4, 0.5) is 0 Å². The highest BCUT2D eigenvalue weighted by Crippen LogP contribution is 2.14. The van der Waals surface area contributed by atoms with Crippen molar-refractivity contribution in [1.82, 2.24) is 14.7 Å². The summed E-state index contributed by atoms with van der Waals surface area (Å²) < 4.78 is 1.74. The highest BCUT2D eigenvalue weighted by atomic mass is 16.2. The molecule has 1 aromatic heterocycles. The highest BCUT2D eigenvalue weighted by molar-refractivity contribution is 5.92. The van der Waals surface area contributed by atoms with Crippen LogP contribution in [-0.4, -0.2) is 40.0 Å². The zero-order valence-electron chi connectivity index (χ0n) is 14.7. The molecule has 0 aliphatic heterocycles. The fraction of sp³-hybridized carbons (Fsp3) is 0.706. The Bertz CT molecular complexity index is 496. The van der Waals surface area contributed by atoms with Gasteiger partial charge < -0.3 is 9.69 Å². The molecule has 124 valence electrons. The van der Waals surface area contributed by atoms with Crippen LogP contribution in [0.5, 0.6) is 0 Å². The average Bonchev–Trinajstić information content (AvgIpc) is 2.71. The summed E-state index contributed by atoms with van der Waals surface area (Å²) in [6.07, 6.45) is 1.19. The van der Waals surface area contributed by atoms with Gasteiger partial charge in [0.25, 0.3) is 0 Å². The van der Waals surface area contributed by atoms with Crippen LogP contribution in [0.3, 0.4) is 0 Å². The van der Waals surface area contributed by atoms with Crippen LogP contribution in [0, 0.1) is 24.7 Å². The molecule has 0 radical (unpaired) electrons. The summed E-state index contributed by atoms with van der Waals surface area (Å²) in [5.41, 5.74) is 1.81. The van der Waals surface area contributed by atoms with Crippen molar-refractivity contribution in [1.29, 1.82) is 0 Å². The third kappa shape index (κ3) is 5.28. The first kappa shape index (κ1) is 18.4. The minimum absolute atomic E-state index is 0.0729. The molecule has 1 heterocycles.